The fourth-order valence-corrected chi connectivity index (χ4v) is 3.61. The first-order valence-electron chi connectivity index (χ1n) is 10.2. The summed E-state index contributed by atoms with van der Waals surface area (Å²) in [7, 11) is 1.82. The Balaban J connectivity index is 1.42. The molecule has 1 fully saturated rings. The molecule has 2 aromatic rings. The Morgan fingerprint density at radius 3 is 2.57 bits per heavy atom. The summed E-state index contributed by atoms with van der Waals surface area (Å²) in [5.41, 5.74) is 8.15. The van der Waals surface area contributed by atoms with Crippen LogP contribution in [0.2, 0.25) is 0 Å². The number of nitrogens with one attached hydrogen (secondary N) is 1. The van der Waals surface area contributed by atoms with E-state index in [1.54, 1.807) is 11.0 Å². The fourth-order valence-electron chi connectivity index (χ4n) is 3.61. The second-order valence-corrected chi connectivity index (χ2v) is 7.74. The number of carbonyl (C=O) groups is 2. The van der Waals surface area contributed by atoms with Crippen LogP contribution in [0.5, 0.6) is 5.75 Å². The van der Waals surface area contributed by atoms with Gasteiger partial charge in [0.15, 0.2) is 6.61 Å². The van der Waals surface area contributed by atoms with E-state index in [-0.39, 0.29) is 24.5 Å². The summed E-state index contributed by atoms with van der Waals surface area (Å²) in [5.74, 6) is 0.558. The van der Waals surface area contributed by atoms with Crippen LogP contribution < -0.4 is 15.8 Å². The number of aryl methyl sites for hydroxylation is 1. The lowest BCUT2D eigenvalue weighted by molar-refractivity contribution is -0.135. The third-order valence-corrected chi connectivity index (χ3v) is 5.49. The highest BCUT2D eigenvalue weighted by Crippen LogP contribution is 2.21. The van der Waals surface area contributed by atoms with E-state index in [9.17, 15) is 9.59 Å². The molecule has 1 aliphatic rings. The van der Waals surface area contributed by atoms with Gasteiger partial charge < -0.3 is 20.7 Å². The lowest BCUT2D eigenvalue weighted by Gasteiger charge is -2.36. The number of benzene rings is 2. The number of amides is 2. The van der Waals surface area contributed by atoms with E-state index in [1.807, 2.05) is 56.4 Å². The first-order valence-corrected chi connectivity index (χ1v) is 10.2. The number of likely N-dealkylation sites (tertiary alicyclic amines) is 1. The van der Waals surface area contributed by atoms with Gasteiger partial charge >= 0.3 is 0 Å². The van der Waals surface area contributed by atoms with Crippen LogP contribution in [0, 0.1) is 6.92 Å². The van der Waals surface area contributed by atoms with Gasteiger partial charge in [-0.1, -0.05) is 24.3 Å². The average molecular weight is 411 g/mol. The Labute approximate surface area is 177 Å². The number of rotatable bonds is 7. The molecule has 7 heteroatoms. The highest BCUT2D eigenvalue weighted by atomic mass is 16.5. The lowest BCUT2D eigenvalue weighted by Crippen LogP contribution is -2.48. The van der Waals surface area contributed by atoms with Crippen molar-refractivity contribution in [2.75, 3.05) is 44.3 Å². The minimum atomic E-state index is -0.0582. The van der Waals surface area contributed by atoms with Gasteiger partial charge in [-0.2, -0.15) is 0 Å². The van der Waals surface area contributed by atoms with E-state index in [0.29, 0.717) is 18.0 Å². The SMILES string of the molecule is Cc1ccc(N)cc1OCC(=O)N(C)C1CCN(CC(=O)Nc2ccccc2)CC1. The number of carbonyl (C=O) groups excluding carboxylic acids is 2. The largest absolute Gasteiger partial charge is 0.483 e. The monoisotopic (exact) mass is 410 g/mol. The molecular formula is C23H30N4O3. The van der Waals surface area contributed by atoms with E-state index >= 15 is 0 Å². The maximum absolute atomic E-state index is 12.6. The molecule has 160 valence electrons. The van der Waals surface area contributed by atoms with Crippen LogP contribution in [-0.2, 0) is 9.59 Å². The second kappa shape index (κ2) is 10.1. The van der Waals surface area contributed by atoms with Gasteiger partial charge in [0.05, 0.1) is 6.54 Å². The van der Waals surface area contributed by atoms with Crippen molar-refractivity contribution in [3.05, 3.63) is 54.1 Å². The summed E-state index contributed by atoms with van der Waals surface area (Å²) in [5, 5.41) is 2.91. The van der Waals surface area contributed by atoms with E-state index in [0.717, 1.165) is 37.2 Å². The number of nitrogens with two attached hydrogens (primary N) is 1. The van der Waals surface area contributed by atoms with Crippen LogP contribution in [0.4, 0.5) is 11.4 Å². The van der Waals surface area contributed by atoms with Crippen LogP contribution >= 0.6 is 0 Å². The average Bonchev–Trinajstić information content (AvgIpc) is 2.75. The molecule has 1 heterocycles. The third kappa shape index (κ3) is 5.97. The Bertz CT molecular complexity index is 864. The van der Waals surface area contributed by atoms with Crippen LogP contribution in [0.1, 0.15) is 18.4 Å². The highest BCUT2D eigenvalue weighted by Gasteiger charge is 2.26. The van der Waals surface area contributed by atoms with Crippen LogP contribution in [-0.4, -0.2) is 60.9 Å². The molecule has 0 spiro atoms. The Morgan fingerprint density at radius 1 is 1.17 bits per heavy atom. The molecule has 1 saturated heterocycles. The Hall–Kier alpha value is -3.06. The molecule has 30 heavy (non-hydrogen) atoms. The van der Waals surface area contributed by atoms with Crippen molar-refractivity contribution in [2.45, 2.75) is 25.8 Å². The van der Waals surface area contributed by atoms with Gasteiger partial charge in [0.1, 0.15) is 5.75 Å². The molecule has 7 nitrogen and oxygen atoms in total. The maximum atomic E-state index is 12.6. The fraction of sp³-hybridized carbons (Fsp3) is 0.391. The van der Waals surface area contributed by atoms with Gasteiger partial charge in [-0.05, 0) is 43.5 Å². The van der Waals surface area contributed by atoms with Gasteiger partial charge in [-0.25, -0.2) is 0 Å². The van der Waals surface area contributed by atoms with E-state index in [2.05, 4.69) is 10.2 Å². The quantitative estimate of drug-likeness (QED) is 0.685. The van der Waals surface area contributed by atoms with Crippen molar-refractivity contribution in [3.8, 4) is 5.75 Å². The molecule has 0 radical (unpaired) electrons. The van der Waals surface area contributed by atoms with Crippen LogP contribution in [0.3, 0.4) is 0 Å². The van der Waals surface area contributed by atoms with Gasteiger partial charge in [0.25, 0.3) is 5.91 Å². The van der Waals surface area contributed by atoms with E-state index in [1.165, 1.54) is 0 Å². The minimum absolute atomic E-state index is 0.0134. The van der Waals surface area contributed by atoms with E-state index in [4.69, 9.17) is 10.5 Å². The van der Waals surface area contributed by atoms with Crippen molar-refractivity contribution in [3.63, 3.8) is 0 Å². The number of nitrogens with zero attached hydrogens (tertiary/aromatic N) is 2. The molecule has 2 amide bonds. The number of piperidine rings is 1. The smallest absolute Gasteiger partial charge is 0.260 e. The molecule has 0 aromatic heterocycles. The molecule has 2 aromatic carbocycles. The number of hydrogen-bond donors (Lipinski definition) is 2. The number of para-hydroxylation sites is 1. The van der Waals surface area contributed by atoms with Gasteiger partial charge in [-0.3, -0.25) is 14.5 Å². The van der Waals surface area contributed by atoms with Gasteiger partial charge in [-0.15, -0.1) is 0 Å². The summed E-state index contributed by atoms with van der Waals surface area (Å²) in [6, 6.07) is 15.0. The number of likely N-dealkylation sites (N-methyl/N-ethyl adjacent to an activating group) is 1. The molecule has 1 aliphatic heterocycles. The topological polar surface area (TPSA) is 87.9 Å². The Kier molecular flexibility index (Phi) is 7.30. The number of nitrogen functional groups attached to an aromatic ring is 1. The molecule has 0 unspecified atom stereocenters. The van der Waals surface area contributed by atoms with Gasteiger partial charge in [0, 0.05) is 43.6 Å². The highest BCUT2D eigenvalue weighted by molar-refractivity contribution is 5.92. The number of ether oxygens (including phenoxy) is 1. The molecule has 0 atom stereocenters. The normalized spacial score (nSPS) is 14.9. The maximum Gasteiger partial charge on any atom is 0.260 e. The summed E-state index contributed by atoms with van der Waals surface area (Å²) in [6.45, 7) is 3.82. The first kappa shape index (κ1) is 21.6. The van der Waals surface area contributed by atoms with Crippen molar-refractivity contribution in [1.82, 2.24) is 9.80 Å². The van der Waals surface area contributed by atoms with Crippen molar-refractivity contribution in [1.29, 1.82) is 0 Å². The van der Waals surface area contributed by atoms with Crippen molar-refractivity contribution < 1.29 is 14.3 Å². The van der Waals surface area contributed by atoms with Crippen molar-refractivity contribution in [2.24, 2.45) is 0 Å². The predicted molar refractivity (Wildman–Crippen MR) is 118 cm³/mol. The van der Waals surface area contributed by atoms with Crippen molar-refractivity contribution >= 4 is 23.2 Å². The standard InChI is InChI=1S/C23H30N4O3/c1-17-8-9-18(24)14-21(17)30-16-23(29)26(2)20-10-12-27(13-11-20)15-22(28)25-19-6-4-3-5-7-19/h3-9,14,20H,10-13,15-16,24H2,1-2H3,(H,25,28). The molecule has 0 bridgehead atoms. The molecule has 3 N–H and O–H groups in total. The first-order chi connectivity index (χ1) is 14.4. The predicted octanol–water partition coefficient (Wildman–Crippen LogP) is 2.52. The summed E-state index contributed by atoms with van der Waals surface area (Å²) in [6.07, 6.45) is 1.66. The Morgan fingerprint density at radius 2 is 1.87 bits per heavy atom. The van der Waals surface area contributed by atoms with Gasteiger partial charge in [0.2, 0.25) is 5.91 Å². The third-order valence-electron chi connectivity index (χ3n) is 5.49. The second-order valence-electron chi connectivity index (χ2n) is 7.74. The molecule has 0 aliphatic carbocycles. The zero-order chi connectivity index (χ0) is 21.5. The molecule has 0 saturated carbocycles. The minimum Gasteiger partial charge on any atom is -0.483 e. The number of hydrogen-bond acceptors (Lipinski definition) is 5. The lowest BCUT2D eigenvalue weighted by atomic mass is 10.0. The zero-order valence-corrected chi connectivity index (χ0v) is 17.6. The summed E-state index contributed by atoms with van der Waals surface area (Å²) in [4.78, 5) is 28.7. The number of anilines is 2. The molecular weight excluding hydrogens is 380 g/mol. The molecule has 3 rings (SSSR count). The summed E-state index contributed by atoms with van der Waals surface area (Å²) < 4.78 is 5.69. The summed E-state index contributed by atoms with van der Waals surface area (Å²) >= 11 is 0. The van der Waals surface area contributed by atoms with E-state index < -0.39 is 0 Å². The zero-order valence-electron chi connectivity index (χ0n) is 17.6. The van der Waals surface area contributed by atoms with Crippen LogP contribution in [0.25, 0.3) is 0 Å². The van der Waals surface area contributed by atoms with Crippen LogP contribution in [0.15, 0.2) is 48.5 Å².